The zero-order valence-corrected chi connectivity index (χ0v) is 10.7. The standard InChI is InChI=1S/C12H13BrO3/c1-3-8-5-4-6-9(12(15)16)10(8)11(14)7(2)13/h4-7H,3H2,1-2H3,(H,15,16). The highest BCUT2D eigenvalue weighted by Crippen LogP contribution is 2.20. The quantitative estimate of drug-likeness (QED) is 0.683. The van der Waals surface area contributed by atoms with Gasteiger partial charge in [-0.15, -0.1) is 0 Å². The van der Waals surface area contributed by atoms with Crippen molar-refractivity contribution in [1.29, 1.82) is 0 Å². The molecule has 0 spiro atoms. The fourth-order valence-electron chi connectivity index (χ4n) is 1.56. The van der Waals surface area contributed by atoms with E-state index < -0.39 is 5.97 Å². The molecule has 0 saturated heterocycles. The Hall–Kier alpha value is -1.16. The molecule has 1 N–H and O–H groups in total. The van der Waals surface area contributed by atoms with Crippen LogP contribution < -0.4 is 0 Å². The molecule has 3 nitrogen and oxygen atoms in total. The number of carboxylic acid groups (broad SMARTS) is 1. The van der Waals surface area contributed by atoms with Crippen molar-refractivity contribution in [2.24, 2.45) is 0 Å². The highest BCUT2D eigenvalue weighted by Gasteiger charge is 2.22. The van der Waals surface area contributed by atoms with Gasteiger partial charge in [0.15, 0.2) is 5.78 Å². The smallest absolute Gasteiger partial charge is 0.336 e. The second-order valence-electron chi connectivity index (χ2n) is 3.48. The molecule has 1 unspecified atom stereocenters. The van der Waals surface area contributed by atoms with E-state index >= 15 is 0 Å². The summed E-state index contributed by atoms with van der Waals surface area (Å²) in [5.74, 6) is -1.25. The van der Waals surface area contributed by atoms with Crippen molar-refractivity contribution in [2.45, 2.75) is 25.1 Å². The van der Waals surface area contributed by atoms with Crippen LogP contribution in [0, 0.1) is 0 Å². The van der Waals surface area contributed by atoms with E-state index in [1.54, 1.807) is 19.1 Å². The van der Waals surface area contributed by atoms with Gasteiger partial charge in [0.2, 0.25) is 0 Å². The maximum atomic E-state index is 11.9. The number of hydrogen-bond acceptors (Lipinski definition) is 2. The molecule has 0 aliphatic heterocycles. The van der Waals surface area contributed by atoms with E-state index in [9.17, 15) is 9.59 Å². The second kappa shape index (κ2) is 5.25. The van der Waals surface area contributed by atoms with Crippen LogP contribution in [0.25, 0.3) is 0 Å². The Kier molecular flexibility index (Phi) is 4.24. The molecule has 0 amide bonds. The van der Waals surface area contributed by atoms with Gasteiger partial charge in [0.05, 0.1) is 10.4 Å². The van der Waals surface area contributed by atoms with Crippen LogP contribution in [0.15, 0.2) is 18.2 Å². The van der Waals surface area contributed by atoms with Crippen molar-refractivity contribution in [1.82, 2.24) is 0 Å². The lowest BCUT2D eigenvalue weighted by atomic mass is 9.95. The van der Waals surface area contributed by atoms with Gasteiger partial charge in [0.25, 0.3) is 0 Å². The van der Waals surface area contributed by atoms with Crippen molar-refractivity contribution in [3.8, 4) is 0 Å². The molecule has 0 heterocycles. The van der Waals surface area contributed by atoms with Crippen LogP contribution in [0.4, 0.5) is 0 Å². The first-order valence-corrected chi connectivity index (χ1v) is 5.94. The molecule has 0 fully saturated rings. The van der Waals surface area contributed by atoms with Crippen LogP contribution in [0.5, 0.6) is 0 Å². The lowest BCUT2D eigenvalue weighted by Gasteiger charge is -2.11. The van der Waals surface area contributed by atoms with Crippen molar-refractivity contribution >= 4 is 27.7 Å². The Labute approximate surface area is 103 Å². The first kappa shape index (κ1) is 12.9. The number of aromatic carboxylic acids is 1. The fourth-order valence-corrected chi connectivity index (χ4v) is 1.79. The van der Waals surface area contributed by atoms with Crippen molar-refractivity contribution < 1.29 is 14.7 Å². The number of carbonyl (C=O) groups excluding carboxylic acids is 1. The third kappa shape index (κ3) is 2.50. The van der Waals surface area contributed by atoms with Gasteiger partial charge in [-0.05, 0) is 25.0 Å². The Morgan fingerprint density at radius 3 is 2.50 bits per heavy atom. The Morgan fingerprint density at radius 2 is 2.06 bits per heavy atom. The van der Waals surface area contributed by atoms with Gasteiger partial charge in [0, 0.05) is 5.56 Å². The van der Waals surface area contributed by atoms with E-state index in [1.807, 2.05) is 6.92 Å². The highest BCUT2D eigenvalue weighted by molar-refractivity contribution is 9.10. The van der Waals surface area contributed by atoms with E-state index in [-0.39, 0.29) is 16.2 Å². The molecule has 1 aromatic carbocycles. The summed E-state index contributed by atoms with van der Waals surface area (Å²) in [5, 5.41) is 9.05. The average molecular weight is 285 g/mol. The molecule has 0 aromatic heterocycles. The molecule has 86 valence electrons. The van der Waals surface area contributed by atoms with Gasteiger partial charge in [-0.2, -0.15) is 0 Å². The molecule has 1 rings (SSSR count). The third-order valence-electron chi connectivity index (χ3n) is 2.37. The van der Waals surface area contributed by atoms with Crippen LogP contribution in [0.2, 0.25) is 0 Å². The second-order valence-corrected chi connectivity index (χ2v) is 4.85. The summed E-state index contributed by atoms with van der Waals surface area (Å²) in [7, 11) is 0. The maximum absolute atomic E-state index is 11.9. The number of aryl methyl sites for hydroxylation is 1. The lowest BCUT2D eigenvalue weighted by molar-refractivity contribution is 0.0692. The van der Waals surface area contributed by atoms with Gasteiger partial charge >= 0.3 is 5.97 Å². The largest absolute Gasteiger partial charge is 0.478 e. The summed E-state index contributed by atoms with van der Waals surface area (Å²) >= 11 is 3.18. The molecule has 1 aromatic rings. The van der Waals surface area contributed by atoms with E-state index in [2.05, 4.69) is 15.9 Å². The molecular weight excluding hydrogens is 272 g/mol. The summed E-state index contributed by atoms with van der Waals surface area (Å²) in [6.45, 7) is 3.59. The van der Waals surface area contributed by atoms with Gasteiger partial charge in [-0.1, -0.05) is 35.0 Å². The number of benzene rings is 1. The number of hydrogen-bond donors (Lipinski definition) is 1. The third-order valence-corrected chi connectivity index (χ3v) is 2.79. The zero-order chi connectivity index (χ0) is 12.3. The zero-order valence-electron chi connectivity index (χ0n) is 9.16. The van der Waals surface area contributed by atoms with Gasteiger partial charge in [-0.25, -0.2) is 4.79 Å². The number of ketones is 1. The Morgan fingerprint density at radius 1 is 1.44 bits per heavy atom. The van der Waals surface area contributed by atoms with Gasteiger partial charge in [0.1, 0.15) is 0 Å². The van der Waals surface area contributed by atoms with Crippen LogP contribution in [0.1, 0.15) is 40.1 Å². The fraction of sp³-hybridized carbons (Fsp3) is 0.333. The average Bonchev–Trinajstić information content (AvgIpc) is 2.26. The minimum absolute atomic E-state index is 0.0793. The predicted octanol–water partition coefficient (Wildman–Crippen LogP) is 2.91. The number of carbonyl (C=O) groups is 2. The van der Waals surface area contributed by atoms with Gasteiger partial charge in [-0.3, -0.25) is 4.79 Å². The molecule has 16 heavy (non-hydrogen) atoms. The van der Waals surface area contributed by atoms with E-state index in [1.165, 1.54) is 6.07 Å². The molecule has 0 aliphatic rings. The molecule has 0 bridgehead atoms. The van der Waals surface area contributed by atoms with Crippen LogP contribution >= 0.6 is 15.9 Å². The van der Waals surface area contributed by atoms with E-state index in [4.69, 9.17) is 5.11 Å². The SMILES string of the molecule is CCc1cccc(C(=O)O)c1C(=O)C(C)Br. The van der Waals surface area contributed by atoms with Crippen molar-refractivity contribution in [2.75, 3.05) is 0 Å². The molecule has 0 radical (unpaired) electrons. The molecule has 0 aliphatic carbocycles. The number of halogens is 1. The maximum Gasteiger partial charge on any atom is 0.336 e. The molecular formula is C12H13BrO3. The topological polar surface area (TPSA) is 54.4 Å². The number of Topliss-reactive ketones (excluding diaryl/α,β-unsaturated/α-hetero) is 1. The number of rotatable bonds is 4. The summed E-state index contributed by atoms with van der Waals surface area (Å²) in [4.78, 5) is 22.6. The molecule has 0 saturated carbocycles. The highest BCUT2D eigenvalue weighted by atomic mass is 79.9. The number of alkyl halides is 1. The monoisotopic (exact) mass is 284 g/mol. The van der Waals surface area contributed by atoms with Crippen LogP contribution in [-0.4, -0.2) is 21.7 Å². The minimum Gasteiger partial charge on any atom is -0.478 e. The molecule has 4 heteroatoms. The number of carboxylic acids is 1. The molecule has 1 atom stereocenters. The minimum atomic E-state index is -1.06. The summed E-state index contributed by atoms with van der Waals surface area (Å²) in [5.41, 5.74) is 1.17. The van der Waals surface area contributed by atoms with Crippen LogP contribution in [-0.2, 0) is 6.42 Å². The Bertz CT molecular complexity index is 424. The summed E-state index contributed by atoms with van der Waals surface area (Å²) in [6.07, 6.45) is 0.641. The predicted molar refractivity (Wildman–Crippen MR) is 65.5 cm³/mol. The van der Waals surface area contributed by atoms with Crippen molar-refractivity contribution in [3.05, 3.63) is 34.9 Å². The first-order chi connectivity index (χ1) is 7.49. The normalized spacial score (nSPS) is 12.2. The van der Waals surface area contributed by atoms with E-state index in [0.29, 0.717) is 12.0 Å². The first-order valence-electron chi connectivity index (χ1n) is 5.02. The summed E-state index contributed by atoms with van der Waals surface area (Å²) in [6, 6.07) is 4.91. The summed E-state index contributed by atoms with van der Waals surface area (Å²) < 4.78 is 0. The van der Waals surface area contributed by atoms with E-state index in [0.717, 1.165) is 5.56 Å². The van der Waals surface area contributed by atoms with Crippen LogP contribution in [0.3, 0.4) is 0 Å². The van der Waals surface area contributed by atoms with Gasteiger partial charge < -0.3 is 5.11 Å². The lowest BCUT2D eigenvalue weighted by Crippen LogP contribution is -2.17. The Balaban J connectivity index is 3.42. The van der Waals surface area contributed by atoms with Crippen molar-refractivity contribution in [3.63, 3.8) is 0 Å².